The molecule has 2 aromatic heterocycles. The van der Waals surface area contributed by atoms with Gasteiger partial charge in [0.2, 0.25) is 11.8 Å². The number of methoxy groups -OCH3 is 2. The molecule has 154 valence electrons. The Morgan fingerprint density at radius 2 is 1.80 bits per heavy atom. The number of hydrogen-bond acceptors (Lipinski definition) is 8. The van der Waals surface area contributed by atoms with E-state index < -0.39 is 0 Å². The first-order chi connectivity index (χ1) is 14.6. The van der Waals surface area contributed by atoms with Crippen molar-refractivity contribution in [2.24, 2.45) is 0 Å². The van der Waals surface area contributed by atoms with Crippen LogP contribution in [0.5, 0.6) is 11.5 Å². The fourth-order valence-corrected chi connectivity index (χ4v) is 3.87. The highest BCUT2D eigenvalue weighted by atomic mass is 32.2. The number of benzene rings is 2. The van der Waals surface area contributed by atoms with Crippen LogP contribution >= 0.6 is 11.8 Å². The summed E-state index contributed by atoms with van der Waals surface area (Å²) in [6.45, 7) is 1.95. The van der Waals surface area contributed by atoms with Crippen LogP contribution in [0.4, 0.5) is 0 Å². The van der Waals surface area contributed by atoms with Gasteiger partial charge in [0.15, 0.2) is 16.7 Å². The van der Waals surface area contributed by atoms with Gasteiger partial charge in [-0.25, -0.2) is 4.98 Å². The first-order valence-electron chi connectivity index (χ1n) is 9.32. The molecule has 0 aliphatic rings. The summed E-state index contributed by atoms with van der Waals surface area (Å²) in [5.74, 6) is 2.56. The summed E-state index contributed by atoms with van der Waals surface area (Å²) in [6, 6.07) is 12.6. The first kappa shape index (κ1) is 20.0. The molecule has 0 aliphatic carbocycles. The van der Waals surface area contributed by atoms with E-state index in [4.69, 9.17) is 18.9 Å². The molecule has 0 bridgehead atoms. The fraction of sp³-hybridized carbons (Fsp3) is 0.238. The predicted molar refractivity (Wildman–Crippen MR) is 114 cm³/mol. The molecule has 0 aliphatic heterocycles. The van der Waals surface area contributed by atoms with Crippen molar-refractivity contribution in [1.29, 1.82) is 0 Å². The molecule has 0 N–H and O–H groups in total. The predicted octanol–water partition coefficient (Wildman–Crippen LogP) is 3.64. The molecule has 0 saturated carbocycles. The number of aromatic nitrogens is 4. The molecule has 8 nitrogen and oxygen atoms in total. The maximum absolute atomic E-state index is 13.4. The number of hydrogen-bond donors (Lipinski definition) is 0. The molecule has 0 atom stereocenters. The van der Waals surface area contributed by atoms with Crippen molar-refractivity contribution in [3.63, 3.8) is 0 Å². The summed E-state index contributed by atoms with van der Waals surface area (Å²) in [4.78, 5) is 18.1. The third-order valence-corrected chi connectivity index (χ3v) is 5.43. The summed E-state index contributed by atoms with van der Waals surface area (Å²) < 4.78 is 17.9. The van der Waals surface area contributed by atoms with Crippen molar-refractivity contribution in [2.75, 3.05) is 14.2 Å². The standard InChI is InChI=1S/C21H20N4O4S/c1-4-18-23-24-19(29-18)12-30-21-22-15-8-6-5-7-14(15)20(26)25(21)13-9-10-16(27-2)17(11-13)28-3/h5-11H,4,12H2,1-3H3. The molecular weight excluding hydrogens is 404 g/mol. The number of para-hydroxylation sites is 1. The Bertz CT molecular complexity index is 1250. The van der Waals surface area contributed by atoms with Crippen LogP contribution in [-0.4, -0.2) is 34.0 Å². The average Bonchev–Trinajstić information content (AvgIpc) is 3.25. The molecule has 0 spiro atoms. The molecule has 0 fully saturated rings. The Hall–Kier alpha value is -3.33. The minimum absolute atomic E-state index is 0.171. The van der Waals surface area contributed by atoms with Crippen LogP contribution in [0.2, 0.25) is 0 Å². The third-order valence-electron chi connectivity index (χ3n) is 4.51. The quantitative estimate of drug-likeness (QED) is 0.328. The molecule has 0 radical (unpaired) electrons. The van der Waals surface area contributed by atoms with Gasteiger partial charge in [-0.15, -0.1) is 10.2 Å². The Labute approximate surface area is 176 Å². The SMILES string of the molecule is CCc1nnc(CSc2nc3ccccc3c(=O)n2-c2ccc(OC)c(OC)c2)o1. The van der Waals surface area contributed by atoms with Crippen LogP contribution in [0.3, 0.4) is 0 Å². The normalized spacial score (nSPS) is 11.0. The van der Waals surface area contributed by atoms with Gasteiger partial charge in [0, 0.05) is 12.5 Å². The highest BCUT2D eigenvalue weighted by molar-refractivity contribution is 7.98. The lowest BCUT2D eigenvalue weighted by atomic mass is 10.2. The monoisotopic (exact) mass is 424 g/mol. The van der Waals surface area contributed by atoms with Gasteiger partial charge in [0.05, 0.1) is 36.6 Å². The molecule has 0 unspecified atom stereocenters. The highest BCUT2D eigenvalue weighted by Gasteiger charge is 2.16. The number of aryl methyl sites for hydroxylation is 1. The van der Waals surface area contributed by atoms with Crippen LogP contribution < -0.4 is 15.0 Å². The summed E-state index contributed by atoms with van der Waals surface area (Å²) in [7, 11) is 3.12. The number of thioether (sulfide) groups is 1. The zero-order chi connectivity index (χ0) is 21.1. The molecule has 4 aromatic rings. The molecule has 2 heterocycles. The van der Waals surface area contributed by atoms with Gasteiger partial charge in [-0.2, -0.15) is 0 Å². The van der Waals surface area contributed by atoms with E-state index in [2.05, 4.69) is 10.2 Å². The maximum Gasteiger partial charge on any atom is 0.266 e. The van der Waals surface area contributed by atoms with Gasteiger partial charge in [0.25, 0.3) is 5.56 Å². The summed E-state index contributed by atoms with van der Waals surface area (Å²) in [5.41, 5.74) is 1.08. The molecule has 4 rings (SSSR count). The lowest BCUT2D eigenvalue weighted by Crippen LogP contribution is -2.21. The Morgan fingerprint density at radius 3 is 2.53 bits per heavy atom. The van der Waals surface area contributed by atoms with E-state index in [0.29, 0.717) is 57.2 Å². The second kappa shape index (κ2) is 8.58. The minimum Gasteiger partial charge on any atom is -0.493 e. The number of ether oxygens (including phenoxy) is 2. The van der Waals surface area contributed by atoms with Crippen LogP contribution in [0.25, 0.3) is 16.6 Å². The van der Waals surface area contributed by atoms with E-state index in [1.54, 1.807) is 43.1 Å². The summed E-state index contributed by atoms with van der Waals surface area (Å²) in [5, 5.41) is 9.08. The summed E-state index contributed by atoms with van der Waals surface area (Å²) >= 11 is 1.35. The molecule has 0 saturated heterocycles. The maximum atomic E-state index is 13.4. The van der Waals surface area contributed by atoms with E-state index in [0.717, 1.165) is 0 Å². The number of rotatable bonds is 7. The number of nitrogens with zero attached hydrogens (tertiary/aromatic N) is 4. The molecule has 0 amide bonds. The van der Waals surface area contributed by atoms with Crippen molar-refractivity contribution >= 4 is 22.7 Å². The van der Waals surface area contributed by atoms with Crippen molar-refractivity contribution in [1.82, 2.24) is 19.7 Å². The van der Waals surface area contributed by atoms with Gasteiger partial charge in [-0.3, -0.25) is 9.36 Å². The van der Waals surface area contributed by atoms with Gasteiger partial charge in [0.1, 0.15) is 0 Å². The Balaban J connectivity index is 1.83. The van der Waals surface area contributed by atoms with E-state index >= 15 is 0 Å². The van der Waals surface area contributed by atoms with Gasteiger partial charge >= 0.3 is 0 Å². The second-order valence-corrected chi connectivity index (χ2v) is 7.27. The van der Waals surface area contributed by atoms with Gasteiger partial charge in [-0.1, -0.05) is 30.8 Å². The van der Waals surface area contributed by atoms with Crippen molar-refractivity contribution in [3.05, 3.63) is 64.6 Å². The van der Waals surface area contributed by atoms with Crippen LogP contribution in [0, 0.1) is 0 Å². The largest absolute Gasteiger partial charge is 0.493 e. The van der Waals surface area contributed by atoms with Gasteiger partial charge in [-0.05, 0) is 24.3 Å². The topological polar surface area (TPSA) is 92.3 Å². The van der Waals surface area contributed by atoms with E-state index in [9.17, 15) is 4.79 Å². The highest BCUT2D eigenvalue weighted by Crippen LogP contribution is 2.31. The third kappa shape index (κ3) is 3.76. The smallest absolute Gasteiger partial charge is 0.266 e. The lowest BCUT2D eigenvalue weighted by molar-refractivity contribution is 0.354. The minimum atomic E-state index is -0.171. The molecular formula is C21H20N4O4S. The van der Waals surface area contributed by atoms with Crippen molar-refractivity contribution < 1.29 is 13.9 Å². The van der Waals surface area contributed by atoms with E-state index in [1.165, 1.54) is 11.8 Å². The van der Waals surface area contributed by atoms with Crippen molar-refractivity contribution in [2.45, 2.75) is 24.3 Å². The van der Waals surface area contributed by atoms with Crippen LogP contribution in [0.15, 0.2) is 56.8 Å². The van der Waals surface area contributed by atoms with Crippen molar-refractivity contribution in [3.8, 4) is 17.2 Å². The Kier molecular flexibility index (Phi) is 5.71. The number of fused-ring (bicyclic) bond motifs is 1. The zero-order valence-electron chi connectivity index (χ0n) is 16.8. The second-order valence-electron chi connectivity index (χ2n) is 6.32. The van der Waals surface area contributed by atoms with Crippen LogP contribution in [-0.2, 0) is 12.2 Å². The lowest BCUT2D eigenvalue weighted by Gasteiger charge is -2.15. The Morgan fingerprint density at radius 1 is 1.03 bits per heavy atom. The first-order valence-corrected chi connectivity index (χ1v) is 10.3. The molecule has 2 aromatic carbocycles. The van der Waals surface area contributed by atoms with Gasteiger partial charge < -0.3 is 13.9 Å². The average molecular weight is 424 g/mol. The molecule has 30 heavy (non-hydrogen) atoms. The zero-order valence-corrected chi connectivity index (χ0v) is 17.6. The van der Waals surface area contributed by atoms with E-state index in [-0.39, 0.29) is 5.56 Å². The van der Waals surface area contributed by atoms with Crippen LogP contribution in [0.1, 0.15) is 18.7 Å². The summed E-state index contributed by atoms with van der Waals surface area (Å²) in [6.07, 6.45) is 0.669. The van der Waals surface area contributed by atoms with E-state index in [1.807, 2.05) is 25.1 Å². The fourth-order valence-electron chi connectivity index (χ4n) is 3.02. The molecule has 9 heteroatoms.